The first kappa shape index (κ1) is 15.7. The lowest BCUT2D eigenvalue weighted by atomic mass is 10.2. The average Bonchev–Trinajstić information content (AvgIpc) is 3.04. The molecule has 0 saturated heterocycles. The predicted octanol–water partition coefficient (Wildman–Crippen LogP) is 2.73. The second-order valence-corrected chi connectivity index (χ2v) is 5.09. The van der Waals surface area contributed by atoms with Gasteiger partial charge in [-0.1, -0.05) is 17.3 Å². The standard InChI is InChI=1S/C17H15FN4O2/c1-24-15-7-5-14(6-8-15)19-17(23)11-22-10-16(20-21-22)12-3-2-4-13(18)9-12/h2-10H,11H2,1H3,(H,19,23). The summed E-state index contributed by atoms with van der Waals surface area (Å²) in [6.07, 6.45) is 1.60. The van der Waals surface area contributed by atoms with Gasteiger partial charge in [-0.25, -0.2) is 9.07 Å². The molecule has 1 amide bonds. The SMILES string of the molecule is COc1ccc(NC(=O)Cn2cc(-c3cccc(F)c3)nn2)cc1. The molecule has 0 fully saturated rings. The Morgan fingerprint density at radius 2 is 2.04 bits per heavy atom. The molecule has 0 saturated carbocycles. The van der Waals surface area contributed by atoms with Gasteiger partial charge in [0.2, 0.25) is 5.91 Å². The minimum absolute atomic E-state index is 0.00828. The van der Waals surface area contributed by atoms with Crippen LogP contribution in [-0.2, 0) is 11.3 Å². The highest BCUT2D eigenvalue weighted by atomic mass is 19.1. The molecule has 0 aliphatic heterocycles. The summed E-state index contributed by atoms with van der Waals surface area (Å²) in [6.45, 7) is 0.00828. The molecule has 0 atom stereocenters. The van der Waals surface area contributed by atoms with Crippen molar-refractivity contribution < 1.29 is 13.9 Å². The molecule has 0 spiro atoms. The van der Waals surface area contributed by atoms with Gasteiger partial charge in [0.05, 0.1) is 13.3 Å². The van der Waals surface area contributed by atoms with Crippen molar-refractivity contribution in [3.05, 3.63) is 60.5 Å². The number of halogens is 1. The van der Waals surface area contributed by atoms with Crippen molar-refractivity contribution in [1.29, 1.82) is 0 Å². The summed E-state index contributed by atoms with van der Waals surface area (Å²) < 4.78 is 19.7. The van der Waals surface area contributed by atoms with Gasteiger partial charge in [0.15, 0.2) is 0 Å². The lowest BCUT2D eigenvalue weighted by molar-refractivity contribution is -0.116. The molecule has 1 heterocycles. The zero-order chi connectivity index (χ0) is 16.9. The third kappa shape index (κ3) is 3.75. The molecule has 2 aromatic carbocycles. The zero-order valence-corrected chi connectivity index (χ0v) is 12.9. The van der Waals surface area contributed by atoms with Crippen LogP contribution in [-0.4, -0.2) is 28.0 Å². The molecule has 7 heteroatoms. The Kier molecular flexibility index (Phi) is 4.51. The predicted molar refractivity (Wildman–Crippen MR) is 87.0 cm³/mol. The van der Waals surface area contributed by atoms with Crippen LogP contribution in [0.5, 0.6) is 5.75 Å². The maximum atomic E-state index is 13.2. The van der Waals surface area contributed by atoms with Gasteiger partial charge < -0.3 is 10.1 Å². The molecule has 1 aromatic heterocycles. The Balaban J connectivity index is 1.64. The topological polar surface area (TPSA) is 69.0 Å². The largest absolute Gasteiger partial charge is 0.497 e. The van der Waals surface area contributed by atoms with E-state index in [-0.39, 0.29) is 18.3 Å². The first-order valence-corrected chi connectivity index (χ1v) is 7.24. The minimum atomic E-state index is -0.348. The van der Waals surface area contributed by atoms with Crippen molar-refractivity contribution in [2.45, 2.75) is 6.54 Å². The molecular formula is C17H15FN4O2. The lowest BCUT2D eigenvalue weighted by Crippen LogP contribution is -2.19. The second-order valence-electron chi connectivity index (χ2n) is 5.09. The van der Waals surface area contributed by atoms with Gasteiger partial charge in [0, 0.05) is 11.3 Å². The Labute approximate surface area is 137 Å². The molecule has 0 aliphatic carbocycles. The van der Waals surface area contributed by atoms with Crippen LogP contribution in [0.15, 0.2) is 54.7 Å². The number of ether oxygens (including phenoxy) is 1. The van der Waals surface area contributed by atoms with Crippen molar-refractivity contribution in [3.63, 3.8) is 0 Å². The molecule has 0 bridgehead atoms. The lowest BCUT2D eigenvalue weighted by Gasteiger charge is -2.06. The van der Waals surface area contributed by atoms with E-state index in [0.29, 0.717) is 22.7 Å². The van der Waals surface area contributed by atoms with Gasteiger partial charge >= 0.3 is 0 Å². The Hall–Kier alpha value is -3.22. The van der Waals surface area contributed by atoms with Gasteiger partial charge in [0.25, 0.3) is 0 Å². The third-order valence-electron chi connectivity index (χ3n) is 3.34. The summed E-state index contributed by atoms with van der Waals surface area (Å²) in [5, 5.41) is 10.6. The Morgan fingerprint density at radius 1 is 1.25 bits per heavy atom. The molecule has 0 radical (unpaired) electrons. The fourth-order valence-electron chi connectivity index (χ4n) is 2.18. The first-order valence-electron chi connectivity index (χ1n) is 7.24. The number of anilines is 1. The van der Waals surface area contributed by atoms with E-state index in [1.54, 1.807) is 49.7 Å². The Bertz CT molecular complexity index is 846. The van der Waals surface area contributed by atoms with Gasteiger partial charge in [0.1, 0.15) is 23.8 Å². The van der Waals surface area contributed by atoms with E-state index in [0.717, 1.165) is 0 Å². The number of hydrogen-bond acceptors (Lipinski definition) is 4. The van der Waals surface area contributed by atoms with E-state index in [4.69, 9.17) is 4.74 Å². The van der Waals surface area contributed by atoms with Crippen LogP contribution in [0.4, 0.5) is 10.1 Å². The quantitative estimate of drug-likeness (QED) is 0.783. The number of benzene rings is 2. The van der Waals surface area contributed by atoms with Gasteiger partial charge in [-0.15, -0.1) is 5.10 Å². The average molecular weight is 326 g/mol. The van der Waals surface area contributed by atoms with E-state index in [1.807, 2.05) is 0 Å². The van der Waals surface area contributed by atoms with Gasteiger partial charge in [-0.2, -0.15) is 0 Å². The van der Waals surface area contributed by atoms with E-state index < -0.39 is 0 Å². The molecule has 122 valence electrons. The number of hydrogen-bond donors (Lipinski definition) is 1. The van der Waals surface area contributed by atoms with Crippen LogP contribution in [0.3, 0.4) is 0 Å². The summed E-state index contributed by atoms with van der Waals surface area (Å²) in [5.41, 5.74) is 1.77. The number of nitrogens with one attached hydrogen (secondary N) is 1. The van der Waals surface area contributed by atoms with Crippen LogP contribution in [0.2, 0.25) is 0 Å². The summed E-state index contributed by atoms with van der Waals surface area (Å²) in [7, 11) is 1.58. The van der Waals surface area contributed by atoms with E-state index in [9.17, 15) is 9.18 Å². The number of rotatable bonds is 5. The van der Waals surface area contributed by atoms with Crippen LogP contribution >= 0.6 is 0 Å². The summed E-state index contributed by atoms with van der Waals surface area (Å²) >= 11 is 0. The minimum Gasteiger partial charge on any atom is -0.497 e. The normalized spacial score (nSPS) is 10.4. The molecule has 24 heavy (non-hydrogen) atoms. The summed E-state index contributed by atoms with van der Waals surface area (Å²) in [4.78, 5) is 12.0. The summed E-state index contributed by atoms with van der Waals surface area (Å²) in [5.74, 6) is 0.124. The van der Waals surface area contributed by atoms with E-state index in [1.165, 1.54) is 16.8 Å². The van der Waals surface area contributed by atoms with E-state index >= 15 is 0 Å². The zero-order valence-electron chi connectivity index (χ0n) is 12.9. The monoisotopic (exact) mass is 326 g/mol. The number of aromatic nitrogens is 3. The fourth-order valence-corrected chi connectivity index (χ4v) is 2.18. The van der Waals surface area contributed by atoms with Crippen LogP contribution < -0.4 is 10.1 Å². The highest BCUT2D eigenvalue weighted by Gasteiger charge is 2.08. The molecule has 6 nitrogen and oxygen atoms in total. The highest BCUT2D eigenvalue weighted by Crippen LogP contribution is 2.17. The third-order valence-corrected chi connectivity index (χ3v) is 3.34. The number of carbonyl (C=O) groups excluding carboxylic acids is 1. The summed E-state index contributed by atoms with van der Waals surface area (Å²) in [6, 6.07) is 13.1. The van der Waals surface area contributed by atoms with Crippen molar-refractivity contribution in [3.8, 4) is 17.0 Å². The molecule has 3 aromatic rings. The van der Waals surface area contributed by atoms with Crippen molar-refractivity contribution in [2.75, 3.05) is 12.4 Å². The van der Waals surface area contributed by atoms with Gasteiger partial charge in [-0.05, 0) is 36.4 Å². The molecule has 0 aliphatic rings. The second kappa shape index (κ2) is 6.91. The maximum absolute atomic E-state index is 13.2. The smallest absolute Gasteiger partial charge is 0.246 e. The van der Waals surface area contributed by atoms with E-state index in [2.05, 4.69) is 15.6 Å². The van der Waals surface area contributed by atoms with Crippen molar-refractivity contribution in [1.82, 2.24) is 15.0 Å². The fraction of sp³-hybridized carbons (Fsp3) is 0.118. The van der Waals surface area contributed by atoms with Crippen LogP contribution in [0.1, 0.15) is 0 Å². The van der Waals surface area contributed by atoms with Crippen LogP contribution in [0, 0.1) is 5.82 Å². The Morgan fingerprint density at radius 3 is 2.75 bits per heavy atom. The molecular weight excluding hydrogens is 311 g/mol. The number of amides is 1. The number of methoxy groups -OCH3 is 1. The van der Waals surface area contributed by atoms with Gasteiger partial charge in [-0.3, -0.25) is 4.79 Å². The number of nitrogens with zero attached hydrogens (tertiary/aromatic N) is 3. The molecule has 3 rings (SSSR count). The van der Waals surface area contributed by atoms with Crippen molar-refractivity contribution >= 4 is 11.6 Å². The number of carbonyl (C=O) groups is 1. The van der Waals surface area contributed by atoms with Crippen molar-refractivity contribution in [2.24, 2.45) is 0 Å². The first-order chi connectivity index (χ1) is 11.6. The maximum Gasteiger partial charge on any atom is 0.246 e. The highest BCUT2D eigenvalue weighted by molar-refractivity contribution is 5.90. The van der Waals surface area contributed by atoms with Crippen LogP contribution in [0.25, 0.3) is 11.3 Å². The molecule has 0 unspecified atom stereocenters. The molecule has 1 N–H and O–H groups in total.